The number of anilines is 1. The number of aliphatic hydroxyl groups excluding tert-OH is 1. The van der Waals surface area contributed by atoms with Crippen LogP contribution in [0.3, 0.4) is 0 Å². The molecule has 2 aromatic heterocycles. The van der Waals surface area contributed by atoms with Crippen LogP contribution in [0.15, 0.2) is 11.1 Å². The zero-order valence-electron chi connectivity index (χ0n) is 16.3. The average molecular weight is 537 g/mol. The van der Waals surface area contributed by atoms with E-state index >= 15 is 0 Å². The van der Waals surface area contributed by atoms with Crippen LogP contribution in [0, 0.1) is 0 Å². The number of phosphoric acid groups is 3. The maximum atomic E-state index is 12.0. The minimum atomic E-state index is -5.71. The van der Waals surface area contributed by atoms with Crippen LogP contribution >= 0.6 is 23.5 Å². The first-order valence-electron chi connectivity index (χ1n) is 8.49. The number of fused-ring (bicyclic) bond motifs is 1. The Balaban J connectivity index is 1.77. The molecule has 0 aromatic carbocycles. The van der Waals surface area contributed by atoms with Gasteiger partial charge in [0.05, 0.1) is 19.1 Å². The molecule has 0 saturated carbocycles. The molecule has 1 fully saturated rings. The van der Waals surface area contributed by atoms with Crippen molar-refractivity contribution >= 4 is 40.6 Å². The molecule has 186 valence electrons. The molecule has 19 nitrogen and oxygen atoms in total. The summed E-state index contributed by atoms with van der Waals surface area (Å²) in [5, 5.41) is 10.3. The predicted molar refractivity (Wildman–Crippen MR) is 103 cm³/mol. The summed E-state index contributed by atoms with van der Waals surface area (Å²) in [7, 11) is -15.5. The summed E-state index contributed by atoms with van der Waals surface area (Å²) in [6, 6.07) is 0. The number of aromatic nitrogens is 4. The molecule has 22 heteroatoms. The lowest BCUT2D eigenvalue weighted by molar-refractivity contribution is -0.270. The van der Waals surface area contributed by atoms with Crippen molar-refractivity contribution in [1.29, 1.82) is 0 Å². The molecule has 1 aliphatic heterocycles. The van der Waals surface area contributed by atoms with E-state index in [1.165, 1.54) is 7.11 Å². The van der Waals surface area contributed by atoms with Gasteiger partial charge in [-0.05, 0) is 0 Å². The van der Waals surface area contributed by atoms with Crippen LogP contribution in [-0.2, 0) is 42.2 Å². The van der Waals surface area contributed by atoms with Gasteiger partial charge in [-0.2, -0.15) is 13.6 Å². The molecule has 3 heterocycles. The number of hydrogen-bond acceptors (Lipinski definition) is 13. The van der Waals surface area contributed by atoms with Crippen molar-refractivity contribution in [1.82, 2.24) is 19.5 Å². The highest BCUT2D eigenvalue weighted by atomic mass is 31.3. The third-order valence-corrected chi connectivity index (χ3v) is 7.96. The van der Waals surface area contributed by atoms with Gasteiger partial charge in [0.15, 0.2) is 11.2 Å². The summed E-state index contributed by atoms with van der Waals surface area (Å²) in [4.78, 5) is 57.9. The molecular formula is C11H18N5O14P3. The average Bonchev–Trinajstić information content (AvgIpc) is 3.19. The lowest BCUT2D eigenvalue weighted by Crippen LogP contribution is -2.36. The molecule has 1 saturated heterocycles. The number of aromatic amines is 1. The highest BCUT2D eigenvalue weighted by Crippen LogP contribution is 2.66. The minimum Gasteiger partial charge on any atom is -0.390 e. The van der Waals surface area contributed by atoms with Gasteiger partial charge in [-0.25, -0.2) is 18.7 Å². The number of methoxy groups -OCH3 is 1. The normalized spacial score (nSPS) is 27.5. The Morgan fingerprint density at radius 1 is 1.27 bits per heavy atom. The third-order valence-electron chi connectivity index (χ3n) is 4.16. The summed E-state index contributed by atoms with van der Waals surface area (Å²) >= 11 is 0. The van der Waals surface area contributed by atoms with Gasteiger partial charge in [0, 0.05) is 7.11 Å². The molecule has 0 amide bonds. The first-order chi connectivity index (χ1) is 15.1. The SMILES string of the molecule is CO[C@]1(n2cnc3c(=O)[nH]c(N)nc32)C[C@H](O)[C@@H](COP(=O)(O)OP(=O)(O)OP(=O)(O)O)O1. The third kappa shape index (κ3) is 5.93. The fraction of sp³-hybridized carbons (Fsp3) is 0.545. The van der Waals surface area contributed by atoms with Crippen LogP contribution < -0.4 is 11.3 Å². The number of nitrogens with one attached hydrogen (secondary N) is 1. The van der Waals surface area contributed by atoms with Gasteiger partial charge in [0.25, 0.3) is 11.5 Å². The largest absolute Gasteiger partial charge is 0.490 e. The van der Waals surface area contributed by atoms with E-state index in [0.717, 1.165) is 10.9 Å². The number of nitrogens with zero attached hydrogens (tertiary/aromatic N) is 3. The van der Waals surface area contributed by atoms with E-state index in [4.69, 9.17) is 25.0 Å². The smallest absolute Gasteiger partial charge is 0.390 e. The molecule has 33 heavy (non-hydrogen) atoms. The predicted octanol–water partition coefficient (Wildman–Crippen LogP) is -1.55. The van der Waals surface area contributed by atoms with Crippen LogP contribution in [0.2, 0.25) is 0 Å². The maximum absolute atomic E-state index is 12.0. The van der Waals surface area contributed by atoms with Gasteiger partial charge in [-0.1, -0.05) is 0 Å². The second-order valence-corrected chi connectivity index (χ2v) is 10.9. The highest BCUT2D eigenvalue weighted by Gasteiger charge is 2.50. The van der Waals surface area contributed by atoms with E-state index in [9.17, 15) is 33.4 Å². The lowest BCUT2D eigenvalue weighted by atomic mass is 10.2. The molecule has 3 rings (SSSR count). The summed E-state index contributed by atoms with van der Waals surface area (Å²) in [6.45, 7) is -0.932. The minimum absolute atomic E-state index is 0.0705. The van der Waals surface area contributed by atoms with E-state index in [1.807, 2.05) is 0 Å². The van der Waals surface area contributed by atoms with Gasteiger partial charge in [0.1, 0.15) is 12.4 Å². The van der Waals surface area contributed by atoms with Crippen molar-refractivity contribution in [3.63, 3.8) is 0 Å². The Bertz CT molecular complexity index is 1240. The fourth-order valence-corrected chi connectivity index (χ4v) is 5.97. The molecular weight excluding hydrogens is 519 g/mol. The Hall–Kier alpha value is -1.56. The molecule has 5 atom stereocenters. The molecule has 0 spiro atoms. The monoisotopic (exact) mass is 537 g/mol. The Labute approximate surface area is 182 Å². The van der Waals surface area contributed by atoms with E-state index < -0.39 is 53.8 Å². The zero-order chi connectivity index (χ0) is 24.8. The molecule has 0 radical (unpaired) electrons. The van der Waals surface area contributed by atoms with E-state index in [-0.39, 0.29) is 23.5 Å². The van der Waals surface area contributed by atoms with Gasteiger partial charge < -0.3 is 39.9 Å². The number of imidazole rings is 1. The fourth-order valence-electron chi connectivity index (χ4n) is 2.94. The number of hydrogen-bond donors (Lipinski definition) is 7. The Kier molecular flexibility index (Phi) is 7.03. The number of nitrogens with two attached hydrogens (primary N) is 1. The Morgan fingerprint density at radius 2 is 1.94 bits per heavy atom. The second-order valence-electron chi connectivity index (χ2n) is 6.47. The number of H-pyrrole nitrogens is 1. The molecule has 8 N–H and O–H groups in total. The first kappa shape index (κ1) is 26.1. The van der Waals surface area contributed by atoms with Gasteiger partial charge in [-0.3, -0.25) is 18.9 Å². The summed E-state index contributed by atoms with van der Waals surface area (Å²) < 4.78 is 57.7. The van der Waals surface area contributed by atoms with Gasteiger partial charge >= 0.3 is 23.5 Å². The molecule has 0 bridgehead atoms. The van der Waals surface area contributed by atoms with Crippen LogP contribution in [-0.4, -0.2) is 70.1 Å². The summed E-state index contributed by atoms with van der Waals surface area (Å²) in [5.74, 6) is -2.07. The summed E-state index contributed by atoms with van der Waals surface area (Å²) in [6.07, 6.45) is -2.04. The number of nitrogen functional groups attached to an aromatic ring is 1. The standard InChI is InChI=1S/C11H18N5O14P3/c1-26-11(16-4-13-7-8(16)14-10(12)15-9(7)18)2-5(17)6(28-11)3-27-32(22,23)30-33(24,25)29-31(19,20)21/h4-6,17H,2-3H2,1H3,(H,22,23)(H,24,25)(H2,19,20,21)(H3,12,14,15,18)/t5-,6+,11+/m0/s1. The second kappa shape index (κ2) is 8.90. The number of ether oxygens (including phenoxy) is 2. The van der Waals surface area contributed by atoms with Crippen molar-refractivity contribution in [2.75, 3.05) is 19.5 Å². The van der Waals surface area contributed by atoms with E-state index in [2.05, 4.69) is 28.1 Å². The number of phosphoric ester groups is 1. The van der Waals surface area contributed by atoms with Crippen LogP contribution in [0.1, 0.15) is 6.42 Å². The summed E-state index contributed by atoms with van der Waals surface area (Å²) in [5.41, 5.74) is 4.68. The topological polar surface area (TPSA) is 288 Å². The van der Waals surface area contributed by atoms with Crippen molar-refractivity contribution in [2.45, 2.75) is 24.5 Å². The molecule has 2 aromatic rings. The van der Waals surface area contributed by atoms with Gasteiger partial charge in [-0.15, -0.1) is 0 Å². The quantitative estimate of drug-likeness (QED) is 0.178. The Morgan fingerprint density at radius 3 is 2.55 bits per heavy atom. The maximum Gasteiger partial charge on any atom is 0.490 e. The first-order valence-corrected chi connectivity index (χ1v) is 13.0. The van der Waals surface area contributed by atoms with Crippen molar-refractivity contribution in [2.24, 2.45) is 0 Å². The molecule has 1 aliphatic rings. The lowest BCUT2D eigenvalue weighted by Gasteiger charge is -2.28. The molecule has 0 aliphatic carbocycles. The van der Waals surface area contributed by atoms with Crippen LogP contribution in [0.5, 0.6) is 0 Å². The van der Waals surface area contributed by atoms with Crippen LogP contribution in [0.4, 0.5) is 5.95 Å². The van der Waals surface area contributed by atoms with Crippen LogP contribution in [0.25, 0.3) is 11.2 Å². The van der Waals surface area contributed by atoms with E-state index in [0.29, 0.717) is 0 Å². The number of aliphatic hydroxyl groups is 1. The molecule has 2 unspecified atom stereocenters. The number of rotatable bonds is 9. The zero-order valence-corrected chi connectivity index (χ0v) is 19.0. The van der Waals surface area contributed by atoms with Crippen molar-refractivity contribution in [3.8, 4) is 0 Å². The van der Waals surface area contributed by atoms with Crippen molar-refractivity contribution in [3.05, 3.63) is 16.7 Å². The van der Waals surface area contributed by atoms with E-state index in [1.54, 1.807) is 0 Å². The van der Waals surface area contributed by atoms with Gasteiger partial charge in [0.2, 0.25) is 5.95 Å². The van der Waals surface area contributed by atoms with Crippen molar-refractivity contribution < 1.29 is 61.0 Å². The highest BCUT2D eigenvalue weighted by molar-refractivity contribution is 7.66.